The molecule has 27 heavy (non-hydrogen) atoms. The van der Waals surface area contributed by atoms with Crippen LogP contribution in [0.2, 0.25) is 0 Å². The van der Waals surface area contributed by atoms with Crippen LogP contribution >= 0.6 is 11.3 Å². The average Bonchev–Trinajstić information content (AvgIpc) is 3.38. The molecule has 1 aliphatic heterocycles. The Morgan fingerprint density at radius 1 is 1.15 bits per heavy atom. The molecule has 0 radical (unpaired) electrons. The van der Waals surface area contributed by atoms with Crippen molar-refractivity contribution in [2.24, 2.45) is 0 Å². The number of thiazole rings is 1. The van der Waals surface area contributed by atoms with Crippen LogP contribution in [0.1, 0.15) is 30.3 Å². The molecule has 1 atom stereocenters. The number of amides is 1. The second kappa shape index (κ2) is 8.39. The summed E-state index contributed by atoms with van der Waals surface area (Å²) in [4.78, 5) is 30.7. The standard InChI is InChI=1S/C19H22N2O5S/c1-12(18(22)21-8-4-5-9-21)26-19(23)14-11-27-17(20-14)13-6-7-15(24-2)16(10-13)25-3/h6-7,10-12H,4-5,8-9H2,1-3H3. The largest absolute Gasteiger partial charge is 0.493 e. The van der Waals surface area contributed by atoms with Gasteiger partial charge in [0.2, 0.25) is 0 Å². The van der Waals surface area contributed by atoms with Gasteiger partial charge in [0, 0.05) is 24.0 Å². The number of carbonyl (C=O) groups is 2. The molecule has 3 rings (SSSR count). The lowest BCUT2D eigenvalue weighted by Gasteiger charge is -2.19. The number of nitrogens with zero attached hydrogens (tertiary/aromatic N) is 2. The lowest BCUT2D eigenvalue weighted by molar-refractivity contribution is -0.138. The Labute approximate surface area is 161 Å². The Morgan fingerprint density at radius 2 is 1.85 bits per heavy atom. The molecular formula is C19H22N2O5S. The number of ether oxygens (including phenoxy) is 3. The molecule has 1 amide bonds. The zero-order valence-electron chi connectivity index (χ0n) is 15.6. The Balaban J connectivity index is 1.69. The molecule has 1 unspecified atom stereocenters. The summed E-state index contributed by atoms with van der Waals surface area (Å²) >= 11 is 1.32. The van der Waals surface area contributed by atoms with Gasteiger partial charge in [-0.2, -0.15) is 0 Å². The molecule has 1 fully saturated rings. The van der Waals surface area contributed by atoms with Gasteiger partial charge in [-0.15, -0.1) is 11.3 Å². The summed E-state index contributed by atoms with van der Waals surface area (Å²) < 4.78 is 15.8. The highest BCUT2D eigenvalue weighted by Crippen LogP contribution is 2.33. The Bertz CT molecular complexity index is 829. The molecule has 1 aromatic heterocycles. The molecule has 0 aliphatic carbocycles. The first-order valence-electron chi connectivity index (χ1n) is 8.71. The molecule has 1 aromatic carbocycles. The van der Waals surface area contributed by atoms with Crippen molar-refractivity contribution < 1.29 is 23.8 Å². The van der Waals surface area contributed by atoms with E-state index in [0.29, 0.717) is 16.5 Å². The van der Waals surface area contributed by atoms with Gasteiger partial charge in [-0.25, -0.2) is 9.78 Å². The van der Waals surface area contributed by atoms with E-state index in [1.807, 2.05) is 6.07 Å². The quantitative estimate of drug-likeness (QED) is 0.706. The summed E-state index contributed by atoms with van der Waals surface area (Å²) in [6, 6.07) is 5.42. The van der Waals surface area contributed by atoms with Crippen LogP contribution in [0, 0.1) is 0 Å². The first kappa shape index (κ1) is 19.2. The summed E-state index contributed by atoms with van der Waals surface area (Å²) in [7, 11) is 3.13. The van der Waals surface area contributed by atoms with E-state index in [4.69, 9.17) is 14.2 Å². The van der Waals surface area contributed by atoms with Crippen LogP contribution in [0.5, 0.6) is 11.5 Å². The summed E-state index contributed by atoms with van der Waals surface area (Å²) in [5, 5.41) is 2.28. The number of benzene rings is 1. The van der Waals surface area contributed by atoms with Crippen molar-refractivity contribution >= 4 is 23.2 Å². The Morgan fingerprint density at radius 3 is 2.52 bits per heavy atom. The first-order valence-corrected chi connectivity index (χ1v) is 9.59. The van der Waals surface area contributed by atoms with Crippen LogP contribution in [0.15, 0.2) is 23.6 Å². The van der Waals surface area contributed by atoms with Crippen molar-refractivity contribution in [3.8, 4) is 22.1 Å². The fourth-order valence-corrected chi connectivity index (χ4v) is 3.72. The predicted molar refractivity (Wildman–Crippen MR) is 101 cm³/mol. The molecule has 1 saturated heterocycles. The summed E-state index contributed by atoms with van der Waals surface area (Å²) in [5.74, 6) is 0.445. The number of aromatic nitrogens is 1. The van der Waals surface area contributed by atoms with Crippen molar-refractivity contribution in [3.63, 3.8) is 0 Å². The molecule has 144 valence electrons. The second-order valence-electron chi connectivity index (χ2n) is 6.19. The summed E-state index contributed by atoms with van der Waals surface area (Å²) in [5.41, 5.74) is 0.990. The second-order valence-corrected chi connectivity index (χ2v) is 7.05. The maximum atomic E-state index is 12.3. The van der Waals surface area contributed by atoms with Crippen LogP contribution in [0.4, 0.5) is 0 Å². The highest BCUT2D eigenvalue weighted by atomic mass is 32.1. The number of rotatable bonds is 6. The van der Waals surface area contributed by atoms with Crippen molar-refractivity contribution in [1.82, 2.24) is 9.88 Å². The van der Waals surface area contributed by atoms with Crippen molar-refractivity contribution in [2.45, 2.75) is 25.9 Å². The van der Waals surface area contributed by atoms with E-state index in [-0.39, 0.29) is 11.6 Å². The van der Waals surface area contributed by atoms with E-state index in [2.05, 4.69) is 4.98 Å². The summed E-state index contributed by atoms with van der Waals surface area (Å²) in [6.07, 6.45) is 1.17. The van der Waals surface area contributed by atoms with E-state index in [0.717, 1.165) is 31.5 Å². The smallest absolute Gasteiger partial charge is 0.358 e. The molecule has 0 N–H and O–H groups in total. The van der Waals surface area contributed by atoms with Gasteiger partial charge in [-0.1, -0.05) is 0 Å². The van der Waals surface area contributed by atoms with E-state index < -0.39 is 12.1 Å². The maximum Gasteiger partial charge on any atom is 0.358 e. The lowest BCUT2D eigenvalue weighted by atomic mass is 10.2. The third-order valence-electron chi connectivity index (χ3n) is 4.39. The van der Waals surface area contributed by atoms with E-state index in [1.54, 1.807) is 43.6 Å². The topological polar surface area (TPSA) is 78.0 Å². The van der Waals surface area contributed by atoms with E-state index in [1.165, 1.54) is 11.3 Å². The molecule has 1 aliphatic rings. The van der Waals surface area contributed by atoms with Gasteiger partial charge in [0.15, 0.2) is 23.3 Å². The van der Waals surface area contributed by atoms with Crippen molar-refractivity contribution in [3.05, 3.63) is 29.3 Å². The van der Waals surface area contributed by atoms with Crippen molar-refractivity contribution in [2.75, 3.05) is 27.3 Å². The fourth-order valence-electron chi connectivity index (χ4n) is 2.94. The molecule has 7 nitrogen and oxygen atoms in total. The third-order valence-corrected chi connectivity index (χ3v) is 5.28. The first-order chi connectivity index (χ1) is 13.0. The molecule has 0 bridgehead atoms. The maximum absolute atomic E-state index is 12.3. The lowest BCUT2D eigenvalue weighted by Crippen LogP contribution is -2.38. The van der Waals surface area contributed by atoms with Gasteiger partial charge in [0.05, 0.1) is 14.2 Å². The third kappa shape index (κ3) is 4.21. The molecule has 2 heterocycles. The number of hydrogen-bond donors (Lipinski definition) is 0. The number of likely N-dealkylation sites (tertiary alicyclic amines) is 1. The van der Waals surface area contributed by atoms with Crippen LogP contribution < -0.4 is 9.47 Å². The molecule has 8 heteroatoms. The molecule has 2 aromatic rings. The SMILES string of the molecule is COc1ccc(-c2nc(C(=O)OC(C)C(=O)N3CCCC3)cs2)cc1OC. The zero-order valence-corrected chi connectivity index (χ0v) is 16.4. The molecular weight excluding hydrogens is 368 g/mol. The fraction of sp³-hybridized carbons (Fsp3) is 0.421. The number of methoxy groups -OCH3 is 2. The van der Waals surface area contributed by atoms with E-state index in [9.17, 15) is 9.59 Å². The van der Waals surface area contributed by atoms with Gasteiger partial charge in [-0.3, -0.25) is 4.79 Å². The normalized spacial score (nSPS) is 14.7. The van der Waals surface area contributed by atoms with Gasteiger partial charge in [0.25, 0.3) is 5.91 Å². The van der Waals surface area contributed by atoms with Gasteiger partial charge >= 0.3 is 5.97 Å². The average molecular weight is 390 g/mol. The van der Waals surface area contributed by atoms with Gasteiger partial charge < -0.3 is 19.1 Å². The highest BCUT2D eigenvalue weighted by Gasteiger charge is 2.27. The van der Waals surface area contributed by atoms with Gasteiger partial charge in [0.1, 0.15) is 5.01 Å². The predicted octanol–water partition coefficient (Wildman–Crippen LogP) is 3.00. The van der Waals surface area contributed by atoms with Crippen LogP contribution in [-0.2, 0) is 9.53 Å². The number of hydrogen-bond acceptors (Lipinski definition) is 7. The minimum Gasteiger partial charge on any atom is -0.493 e. The minimum atomic E-state index is -0.818. The van der Waals surface area contributed by atoms with Crippen LogP contribution in [0.25, 0.3) is 10.6 Å². The van der Waals surface area contributed by atoms with E-state index >= 15 is 0 Å². The Hall–Kier alpha value is -2.61. The number of carbonyl (C=O) groups excluding carboxylic acids is 2. The highest BCUT2D eigenvalue weighted by molar-refractivity contribution is 7.13. The molecule has 0 spiro atoms. The summed E-state index contributed by atoms with van der Waals surface area (Å²) in [6.45, 7) is 3.04. The zero-order chi connectivity index (χ0) is 19.4. The van der Waals surface area contributed by atoms with Crippen molar-refractivity contribution in [1.29, 1.82) is 0 Å². The molecule has 0 saturated carbocycles. The monoisotopic (exact) mass is 390 g/mol. The number of esters is 1. The Kier molecular flexibility index (Phi) is 5.95. The minimum absolute atomic E-state index is 0.156. The van der Waals surface area contributed by atoms with Crippen LogP contribution in [-0.4, -0.2) is 55.2 Å². The van der Waals surface area contributed by atoms with Gasteiger partial charge in [-0.05, 0) is 38.0 Å². The van der Waals surface area contributed by atoms with Crippen LogP contribution in [0.3, 0.4) is 0 Å².